The van der Waals surface area contributed by atoms with E-state index in [1.54, 1.807) is 0 Å². The van der Waals surface area contributed by atoms with Crippen LogP contribution in [-0.2, 0) is 4.74 Å². The molecule has 1 unspecified atom stereocenters. The van der Waals surface area contributed by atoms with Crippen LogP contribution in [0, 0.1) is 27.7 Å². The molecule has 2 heteroatoms. The van der Waals surface area contributed by atoms with Crippen LogP contribution in [0.1, 0.15) is 22.3 Å². The molecule has 2 nitrogen and oxygen atoms in total. The van der Waals surface area contributed by atoms with Gasteiger partial charge in [0, 0.05) is 5.56 Å². The van der Waals surface area contributed by atoms with Gasteiger partial charge in [-0.3, -0.25) is 0 Å². The fourth-order valence-electron chi connectivity index (χ4n) is 2.75. The fraction of sp³-hybridized carbons (Fsp3) is 0.368. The lowest BCUT2D eigenvalue weighted by molar-refractivity contribution is 0.262. The molecule has 0 N–H and O–H groups in total. The molecule has 2 aromatic rings. The highest BCUT2D eigenvalue weighted by atomic mass is 16.6. The molecular formula is C19H22O2. The van der Waals surface area contributed by atoms with E-state index < -0.39 is 0 Å². The Labute approximate surface area is 126 Å². The molecule has 0 amide bonds. The van der Waals surface area contributed by atoms with Crippen molar-refractivity contribution in [1.29, 1.82) is 0 Å². The molecule has 1 atom stereocenters. The molecule has 0 radical (unpaired) electrons. The van der Waals surface area contributed by atoms with Crippen LogP contribution in [0.25, 0.3) is 11.1 Å². The Morgan fingerprint density at radius 2 is 1.57 bits per heavy atom. The van der Waals surface area contributed by atoms with Crippen molar-refractivity contribution in [3.63, 3.8) is 0 Å². The molecule has 21 heavy (non-hydrogen) atoms. The summed E-state index contributed by atoms with van der Waals surface area (Å²) < 4.78 is 11.4. The maximum Gasteiger partial charge on any atom is 0.130 e. The van der Waals surface area contributed by atoms with E-state index in [4.69, 9.17) is 9.47 Å². The average Bonchev–Trinajstić information content (AvgIpc) is 3.32. The number of hydrogen-bond donors (Lipinski definition) is 0. The first-order chi connectivity index (χ1) is 10.1. The summed E-state index contributed by atoms with van der Waals surface area (Å²) in [6.07, 6.45) is 0.273. The van der Waals surface area contributed by atoms with Crippen LogP contribution in [-0.4, -0.2) is 19.3 Å². The van der Waals surface area contributed by atoms with Crippen molar-refractivity contribution in [2.24, 2.45) is 0 Å². The van der Waals surface area contributed by atoms with Crippen molar-refractivity contribution in [2.75, 3.05) is 13.2 Å². The van der Waals surface area contributed by atoms with Gasteiger partial charge in [-0.15, -0.1) is 0 Å². The predicted octanol–water partition coefficient (Wildman–Crippen LogP) is 4.36. The molecule has 1 aliphatic rings. The van der Waals surface area contributed by atoms with E-state index in [1.807, 2.05) is 6.07 Å². The third-order valence-electron chi connectivity index (χ3n) is 4.51. The van der Waals surface area contributed by atoms with Gasteiger partial charge in [0.05, 0.1) is 6.61 Å². The van der Waals surface area contributed by atoms with Gasteiger partial charge in [0.1, 0.15) is 18.5 Å². The average molecular weight is 282 g/mol. The highest BCUT2D eigenvalue weighted by Gasteiger charge is 2.25. The molecule has 0 saturated carbocycles. The van der Waals surface area contributed by atoms with Crippen molar-refractivity contribution in [3.05, 3.63) is 52.6 Å². The van der Waals surface area contributed by atoms with Crippen LogP contribution in [0.3, 0.4) is 0 Å². The summed E-state index contributed by atoms with van der Waals surface area (Å²) in [5.74, 6) is 1.01. The first kappa shape index (κ1) is 14.2. The monoisotopic (exact) mass is 282 g/mol. The van der Waals surface area contributed by atoms with Crippen molar-refractivity contribution >= 4 is 0 Å². The second-order valence-corrected chi connectivity index (χ2v) is 5.84. The smallest absolute Gasteiger partial charge is 0.130 e. The van der Waals surface area contributed by atoms with Gasteiger partial charge in [-0.25, -0.2) is 0 Å². The summed E-state index contributed by atoms with van der Waals surface area (Å²) in [5.41, 5.74) is 7.64. The molecule has 2 aromatic carbocycles. The quantitative estimate of drug-likeness (QED) is 0.777. The summed E-state index contributed by atoms with van der Waals surface area (Å²) in [4.78, 5) is 0. The van der Waals surface area contributed by atoms with Crippen molar-refractivity contribution < 1.29 is 9.47 Å². The molecular weight excluding hydrogens is 260 g/mol. The summed E-state index contributed by atoms with van der Waals surface area (Å²) >= 11 is 0. The third-order valence-corrected chi connectivity index (χ3v) is 4.51. The second-order valence-electron chi connectivity index (χ2n) is 5.84. The predicted molar refractivity (Wildman–Crippen MR) is 86.1 cm³/mol. The molecule has 1 heterocycles. The van der Waals surface area contributed by atoms with Crippen molar-refractivity contribution in [1.82, 2.24) is 0 Å². The molecule has 0 spiro atoms. The van der Waals surface area contributed by atoms with Gasteiger partial charge in [0.15, 0.2) is 0 Å². The largest absolute Gasteiger partial charge is 0.490 e. The number of epoxide rings is 1. The van der Waals surface area contributed by atoms with Gasteiger partial charge in [-0.1, -0.05) is 30.3 Å². The summed E-state index contributed by atoms with van der Waals surface area (Å²) in [7, 11) is 0. The minimum absolute atomic E-state index is 0.273. The second kappa shape index (κ2) is 5.53. The molecule has 0 aliphatic carbocycles. The molecule has 1 saturated heterocycles. The van der Waals surface area contributed by atoms with Crippen LogP contribution in [0.4, 0.5) is 0 Å². The summed E-state index contributed by atoms with van der Waals surface area (Å²) in [6.45, 7) is 10.2. The minimum atomic E-state index is 0.273. The lowest BCUT2D eigenvalue weighted by Crippen LogP contribution is -2.08. The maximum absolute atomic E-state index is 6.14. The van der Waals surface area contributed by atoms with Crippen LogP contribution in [0.2, 0.25) is 0 Å². The first-order valence-corrected chi connectivity index (χ1v) is 7.49. The Kier molecular flexibility index (Phi) is 3.73. The highest BCUT2D eigenvalue weighted by molar-refractivity contribution is 5.78. The zero-order valence-corrected chi connectivity index (χ0v) is 13.2. The maximum atomic E-state index is 6.14. The Morgan fingerprint density at radius 3 is 2.19 bits per heavy atom. The number of benzene rings is 2. The van der Waals surface area contributed by atoms with Crippen molar-refractivity contribution in [3.8, 4) is 16.9 Å². The molecule has 110 valence electrons. The van der Waals surface area contributed by atoms with Gasteiger partial charge >= 0.3 is 0 Å². The van der Waals surface area contributed by atoms with E-state index in [2.05, 4.69) is 52.0 Å². The van der Waals surface area contributed by atoms with E-state index in [1.165, 1.54) is 33.4 Å². The first-order valence-electron chi connectivity index (χ1n) is 7.49. The van der Waals surface area contributed by atoms with Gasteiger partial charge < -0.3 is 9.47 Å². The van der Waals surface area contributed by atoms with E-state index in [9.17, 15) is 0 Å². The fourth-order valence-corrected chi connectivity index (χ4v) is 2.75. The molecule has 3 rings (SSSR count). The molecule has 0 bridgehead atoms. The van der Waals surface area contributed by atoms with Crippen molar-refractivity contribution in [2.45, 2.75) is 33.8 Å². The molecule has 1 aliphatic heterocycles. The van der Waals surface area contributed by atoms with Gasteiger partial charge in [-0.2, -0.15) is 0 Å². The Morgan fingerprint density at radius 1 is 0.952 bits per heavy atom. The summed E-state index contributed by atoms with van der Waals surface area (Å²) in [6, 6.07) is 10.5. The number of rotatable bonds is 4. The minimum Gasteiger partial charge on any atom is -0.490 e. The van der Waals surface area contributed by atoms with Gasteiger partial charge in [0.2, 0.25) is 0 Å². The van der Waals surface area contributed by atoms with Crippen LogP contribution >= 0.6 is 0 Å². The number of hydrogen-bond acceptors (Lipinski definition) is 2. The van der Waals surface area contributed by atoms with E-state index in [0.717, 1.165) is 12.4 Å². The van der Waals surface area contributed by atoms with E-state index in [-0.39, 0.29) is 6.10 Å². The normalized spacial score (nSPS) is 16.9. The standard InChI is InChI=1S/C19H22O2/c1-12-13(2)15(4)19(21-11-17-10-20-17)18(14(12)3)16-8-6-5-7-9-16/h5-9,17H,10-11H2,1-4H3. The van der Waals surface area contributed by atoms with E-state index >= 15 is 0 Å². The van der Waals surface area contributed by atoms with Crippen LogP contribution in [0.5, 0.6) is 5.75 Å². The molecule has 1 fully saturated rings. The van der Waals surface area contributed by atoms with Crippen LogP contribution < -0.4 is 4.74 Å². The topological polar surface area (TPSA) is 21.8 Å². The van der Waals surface area contributed by atoms with Gasteiger partial charge in [-0.05, 0) is 55.5 Å². The zero-order chi connectivity index (χ0) is 15.0. The lowest BCUT2D eigenvalue weighted by Gasteiger charge is -2.21. The molecule has 0 aromatic heterocycles. The summed E-state index contributed by atoms with van der Waals surface area (Å²) in [5, 5.41) is 0. The Balaban J connectivity index is 2.14. The zero-order valence-electron chi connectivity index (χ0n) is 13.2. The van der Waals surface area contributed by atoms with E-state index in [0.29, 0.717) is 6.61 Å². The Hall–Kier alpha value is -1.80. The highest BCUT2D eigenvalue weighted by Crippen LogP contribution is 2.40. The van der Waals surface area contributed by atoms with Gasteiger partial charge in [0.25, 0.3) is 0 Å². The number of ether oxygens (including phenoxy) is 2. The lowest BCUT2D eigenvalue weighted by atomic mass is 9.89. The van der Waals surface area contributed by atoms with Crippen LogP contribution in [0.15, 0.2) is 30.3 Å². The Bertz CT molecular complexity index is 655. The SMILES string of the molecule is Cc1c(C)c(C)c(-c2ccccc2)c(OCC2CO2)c1C. The third kappa shape index (κ3) is 2.68.